The Labute approximate surface area is 440 Å². The second kappa shape index (κ2) is 50.4. The first-order chi connectivity index (χ1) is 34.9. The summed E-state index contributed by atoms with van der Waals surface area (Å²) in [5.41, 5.74) is 0. The van der Waals surface area contributed by atoms with Gasteiger partial charge in [0, 0.05) is 12.8 Å². The molecular weight excluding hydrogens is 916 g/mol. The molecule has 9 nitrogen and oxygen atoms in total. The SMILES string of the molecule is CC\C=C/C=C/C=C/C=C\C=C\C=C\CCCCCC(=O)NC(COP(=O)([O-])OCC[N+](C)(C)C)C(/C=C/CCCCCCCCCCCC)OC(=O)CCC/C=C\C/C=C\C/C=C\C/C=C\C/C=C\CC. The van der Waals surface area contributed by atoms with Gasteiger partial charge in [-0.1, -0.05) is 225 Å². The molecule has 0 aromatic rings. The Morgan fingerprint density at radius 3 is 1.51 bits per heavy atom. The highest BCUT2D eigenvalue weighted by atomic mass is 31.2. The molecule has 0 aromatic carbocycles. The third kappa shape index (κ3) is 50.8. The second-order valence-corrected chi connectivity index (χ2v) is 20.5. The van der Waals surface area contributed by atoms with E-state index in [2.05, 4.69) is 99.0 Å². The molecule has 10 heteroatoms. The third-order valence-electron chi connectivity index (χ3n) is 11.2. The van der Waals surface area contributed by atoms with E-state index in [1.807, 2.05) is 88.0 Å². The summed E-state index contributed by atoms with van der Waals surface area (Å²) in [6.07, 6.45) is 72.5. The number of phosphoric acid groups is 1. The van der Waals surface area contributed by atoms with Gasteiger partial charge in [-0.15, -0.1) is 0 Å². The summed E-state index contributed by atoms with van der Waals surface area (Å²) >= 11 is 0. The van der Waals surface area contributed by atoms with Gasteiger partial charge >= 0.3 is 5.97 Å². The molecule has 0 bridgehead atoms. The molecule has 0 aliphatic rings. The van der Waals surface area contributed by atoms with Crippen LogP contribution < -0.4 is 10.2 Å². The van der Waals surface area contributed by atoms with Crippen molar-refractivity contribution in [2.24, 2.45) is 0 Å². The molecule has 1 N–H and O–H groups in total. The van der Waals surface area contributed by atoms with Gasteiger partial charge in [-0.3, -0.25) is 14.2 Å². The molecule has 1 amide bonds. The Hall–Kier alpha value is -4.11. The summed E-state index contributed by atoms with van der Waals surface area (Å²) < 4.78 is 30.1. The van der Waals surface area contributed by atoms with Gasteiger partial charge in [-0.25, -0.2) is 0 Å². The molecule has 0 aromatic heterocycles. The number of amides is 1. The van der Waals surface area contributed by atoms with E-state index in [-0.39, 0.29) is 25.4 Å². The lowest BCUT2D eigenvalue weighted by molar-refractivity contribution is -0.870. The fraction of sp³-hybridized carbons (Fsp3) is 0.581. The number of rotatable bonds is 47. The molecule has 3 unspecified atom stereocenters. The van der Waals surface area contributed by atoms with Crippen LogP contribution in [0, 0.1) is 0 Å². The fourth-order valence-corrected chi connectivity index (χ4v) is 7.66. The fourth-order valence-electron chi connectivity index (χ4n) is 6.94. The first-order valence-corrected chi connectivity index (χ1v) is 29.2. The summed E-state index contributed by atoms with van der Waals surface area (Å²) in [6.45, 7) is 6.46. The van der Waals surface area contributed by atoms with Crippen LogP contribution in [0.3, 0.4) is 0 Å². The lowest BCUT2D eigenvalue weighted by Crippen LogP contribution is -2.47. The molecule has 0 aliphatic carbocycles. The Balaban J connectivity index is 5.59. The third-order valence-corrected chi connectivity index (χ3v) is 12.1. The number of carbonyl (C=O) groups is 2. The second-order valence-electron chi connectivity index (χ2n) is 19.1. The van der Waals surface area contributed by atoms with Gasteiger partial charge in [0.05, 0.1) is 33.8 Å². The molecule has 0 fully saturated rings. The summed E-state index contributed by atoms with van der Waals surface area (Å²) in [4.78, 5) is 39.8. The van der Waals surface area contributed by atoms with E-state index in [0.717, 1.165) is 77.0 Å². The van der Waals surface area contributed by atoms with Gasteiger partial charge in [0.2, 0.25) is 5.91 Å². The maximum Gasteiger partial charge on any atom is 0.306 e. The van der Waals surface area contributed by atoms with Crippen LogP contribution in [0.4, 0.5) is 0 Å². The minimum Gasteiger partial charge on any atom is -0.756 e. The molecule has 72 heavy (non-hydrogen) atoms. The van der Waals surface area contributed by atoms with E-state index in [4.69, 9.17) is 13.8 Å². The average molecular weight is 1020 g/mol. The van der Waals surface area contributed by atoms with Crippen molar-refractivity contribution >= 4 is 19.7 Å². The number of nitrogens with zero attached hydrogens (tertiary/aromatic N) is 1. The largest absolute Gasteiger partial charge is 0.756 e. The number of ether oxygens (including phenoxy) is 1. The Bertz CT molecular complexity index is 1740. The summed E-state index contributed by atoms with van der Waals surface area (Å²) in [6, 6.07) is -0.945. The number of nitrogens with one attached hydrogen (secondary N) is 1. The predicted octanol–water partition coefficient (Wildman–Crippen LogP) is 16.1. The smallest absolute Gasteiger partial charge is 0.306 e. The zero-order chi connectivity index (χ0) is 52.9. The first-order valence-electron chi connectivity index (χ1n) is 27.7. The van der Waals surface area contributed by atoms with Crippen molar-refractivity contribution in [2.75, 3.05) is 40.9 Å². The topological polar surface area (TPSA) is 114 Å². The van der Waals surface area contributed by atoms with Gasteiger partial charge in [0.15, 0.2) is 0 Å². The summed E-state index contributed by atoms with van der Waals surface area (Å²) in [7, 11) is 1.09. The van der Waals surface area contributed by atoms with Gasteiger partial charge in [0.1, 0.15) is 19.3 Å². The van der Waals surface area contributed by atoms with Gasteiger partial charge in [-0.2, -0.15) is 0 Å². The van der Waals surface area contributed by atoms with E-state index in [9.17, 15) is 19.0 Å². The number of quaternary nitrogens is 1. The quantitative estimate of drug-likeness (QED) is 0.0161. The van der Waals surface area contributed by atoms with E-state index < -0.39 is 32.5 Å². The van der Waals surface area contributed by atoms with Crippen molar-refractivity contribution in [2.45, 2.75) is 193 Å². The van der Waals surface area contributed by atoms with Crippen molar-refractivity contribution in [3.8, 4) is 0 Å². The summed E-state index contributed by atoms with van der Waals surface area (Å²) in [5.74, 6) is -0.677. The Morgan fingerprint density at radius 2 is 0.972 bits per heavy atom. The van der Waals surface area contributed by atoms with Crippen molar-refractivity contribution in [1.82, 2.24) is 5.32 Å². The highest BCUT2D eigenvalue weighted by Gasteiger charge is 2.27. The number of hydrogen-bond acceptors (Lipinski definition) is 7. The summed E-state index contributed by atoms with van der Waals surface area (Å²) in [5, 5.41) is 2.97. The number of likely N-dealkylation sites (N-methyl/N-ethyl adjacent to an activating group) is 1. The van der Waals surface area contributed by atoms with E-state index in [1.165, 1.54) is 51.4 Å². The maximum absolute atomic E-state index is 13.5. The van der Waals surface area contributed by atoms with Crippen LogP contribution in [-0.4, -0.2) is 69.4 Å². The number of hydrogen-bond donors (Lipinski definition) is 1. The van der Waals surface area contributed by atoms with Crippen LogP contribution in [0.5, 0.6) is 0 Å². The highest BCUT2D eigenvalue weighted by molar-refractivity contribution is 7.45. The van der Waals surface area contributed by atoms with Crippen LogP contribution in [0.1, 0.15) is 181 Å². The first kappa shape index (κ1) is 67.9. The van der Waals surface area contributed by atoms with Crippen molar-refractivity contribution in [3.05, 3.63) is 146 Å². The minimum absolute atomic E-state index is 0.0495. The van der Waals surface area contributed by atoms with E-state index in [0.29, 0.717) is 30.3 Å². The zero-order valence-corrected chi connectivity index (χ0v) is 47.0. The lowest BCUT2D eigenvalue weighted by atomic mass is 10.1. The monoisotopic (exact) mass is 1020 g/mol. The van der Waals surface area contributed by atoms with Gasteiger partial charge < -0.3 is 28.5 Å². The molecule has 406 valence electrons. The van der Waals surface area contributed by atoms with Crippen molar-refractivity contribution in [1.29, 1.82) is 0 Å². The highest BCUT2D eigenvalue weighted by Crippen LogP contribution is 2.38. The molecule has 3 atom stereocenters. The molecule has 0 radical (unpaired) electrons. The molecule has 0 saturated carbocycles. The molecule has 0 heterocycles. The van der Waals surface area contributed by atoms with Crippen LogP contribution in [-0.2, 0) is 27.9 Å². The average Bonchev–Trinajstić information content (AvgIpc) is 3.34. The molecule has 0 spiro atoms. The minimum atomic E-state index is -4.73. The molecular formula is C62H101N2O7P. The molecule has 0 saturated heterocycles. The van der Waals surface area contributed by atoms with E-state index in [1.54, 1.807) is 6.08 Å². The normalized spacial score (nSPS) is 14.9. The van der Waals surface area contributed by atoms with Crippen LogP contribution in [0.25, 0.3) is 0 Å². The maximum atomic E-state index is 13.5. The van der Waals surface area contributed by atoms with Crippen molar-refractivity contribution < 1.29 is 37.3 Å². The number of unbranched alkanes of at least 4 members (excludes halogenated alkanes) is 14. The van der Waals surface area contributed by atoms with E-state index >= 15 is 0 Å². The van der Waals surface area contributed by atoms with Crippen LogP contribution in [0.15, 0.2) is 146 Å². The number of phosphoric ester groups is 1. The van der Waals surface area contributed by atoms with Crippen LogP contribution in [0.2, 0.25) is 0 Å². The standard InChI is InChI=1S/C62H101N2O7P/c1-7-10-13-16-19-22-25-28-30-32-34-36-39-42-45-48-51-54-61(65)63-59(58-70-72(67,68)69-57-56-64(4,5)6)60(53-50-47-44-41-38-27-24-21-18-15-12-9-3)71-62(66)55-52-49-46-43-40-37-35-33-31-29-26-23-20-17-14-11-8-2/h10-11,13-14,16,19-20,22-23,25,28-32,34-37,39,43,46,50,53,59-60H,7-9,12,15,17-18,21,24,26-27,33,38,40-42,44-45,47-49,51-52,54-58H2,1-6H3,(H-,63,65,67,68)/b13-10-,14-11-,19-16+,23-20-,25-22+,30-28-,31-29-,34-32+,37-35-,39-36+,46-43-,53-50+. The Morgan fingerprint density at radius 1 is 0.514 bits per heavy atom. The molecule has 0 aliphatic heterocycles. The van der Waals surface area contributed by atoms with Gasteiger partial charge in [0.25, 0.3) is 7.82 Å². The Kier molecular flexibility index (Phi) is 47.5. The number of esters is 1. The van der Waals surface area contributed by atoms with Crippen LogP contribution >= 0.6 is 7.82 Å². The lowest BCUT2D eigenvalue weighted by Gasteiger charge is -2.30. The number of carbonyl (C=O) groups excluding carboxylic acids is 2. The molecule has 0 rings (SSSR count). The number of allylic oxidation sites excluding steroid dienone is 23. The zero-order valence-electron chi connectivity index (χ0n) is 46.1. The van der Waals surface area contributed by atoms with Gasteiger partial charge in [-0.05, 0) is 89.5 Å². The van der Waals surface area contributed by atoms with Crippen molar-refractivity contribution in [3.63, 3.8) is 0 Å². The predicted molar refractivity (Wildman–Crippen MR) is 306 cm³/mol.